The summed E-state index contributed by atoms with van der Waals surface area (Å²) in [4.78, 5) is 72.4. The van der Waals surface area contributed by atoms with Crippen molar-refractivity contribution in [3.63, 3.8) is 0 Å². The molecule has 0 fully saturated rings. The third kappa shape index (κ3) is 33.0. The van der Waals surface area contributed by atoms with Gasteiger partial charge in [0.1, 0.15) is 19.9 Å². The maximum Gasteiger partial charge on any atom is 0.335 e. The molecule has 0 spiro atoms. The number of aromatic amines is 2. The molecule has 1 aromatic rings. The van der Waals surface area contributed by atoms with E-state index in [1.54, 1.807) is 9.97 Å². The summed E-state index contributed by atoms with van der Waals surface area (Å²) in [5.41, 5.74) is -2.74. The quantitative estimate of drug-likeness (QED) is 0.0336. The first-order valence-electron chi connectivity index (χ1n) is 22.2. The molecule has 0 aliphatic rings. The van der Waals surface area contributed by atoms with Crippen LogP contribution in [-0.4, -0.2) is 56.9 Å². The Morgan fingerprint density at radius 2 is 0.768 bits per heavy atom. The molecule has 0 saturated carbocycles. The summed E-state index contributed by atoms with van der Waals surface area (Å²) in [6.07, 6.45) is 32.3. The van der Waals surface area contributed by atoms with Crippen LogP contribution < -0.4 is 17.1 Å². The lowest BCUT2D eigenvalue weighted by Gasteiger charge is -2.18. The highest BCUT2D eigenvalue weighted by Gasteiger charge is 2.19. The number of rotatable bonds is 36. The molecule has 0 unspecified atom stereocenters. The van der Waals surface area contributed by atoms with E-state index in [0.717, 1.165) is 57.8 Å². The van der Waals surface area contributed by atoms with Crippen molar-refractivity contribution in [2.75, 3.05) is 13.2 Å². The molecule has 0 radical (unpaired) electrons. The van der Waals surface area contributed by atoms with Crippen molar-refractivity contribution in [3.05, 3.63) is 31.5 Å². The van der Waals surface area contributed by atoms with Crippen LogP contribution in [0.15, 0.2) is 14.4 Å². The van der Waals surface area contributed by atoms with E-state index in [-0.39, 0.29) is 31.1 Å². The van der Waals surface area contributed by atoms with Crippen LogP contribution in [0.3, 0.4) is 0 Å². The van der Waals surface area contributed by atoms with E-state index in [4.69, 9.17) is 19.3 Å². The number of nitrogens with one attached hydrogen (secondary N) is 2. The molecule has 13 heteroatoms. The van der Waals surface area contributed by atoms with Gasteiger partial charge in [-0.1, -0.05) is 175 Å². The third-order valence-corrected chi connectivity index (χ3v) is 9.68. The summed E-state index contributed by atoms with van der Waals surface area (Å²) in [5, 5.41) is 8.41. The van der Waals surface area contributed by atoms with Crippen LogP contribution in [-0.2, 0) is 35.3 Å². The van der Waals surface area contributed by atoms with Crippen LogP contribution in [0.4, 0.5) is 0 Å². The third-order valence-electron chi connectivity index (χ3n) is 9.68. The predicted molar refractivity (Wildman–Crippen MR) is 221 cm³/mol. The van der Waals surface area contributed by atoms with Crippen molar-refractivity contribution in [2.45, 2.75) is 226 Å². The number of aromatic nitrogens is 3. The first-order valence-corrected chi connectivity index (χ1v) is 22.2. The van der Waals surface area contributed by atoms with E-state index >= 15 is 0 Å². The topological polar surface area (TPSA) is 187 Å². The Morgan fingerprint density at radius 3 is 1.07 bits per heavy atom. The first kappa shape index (κ1) is 52.8. The van der Waals surface area contributed by atoms with Gasteiger partial charge in [-0.2, -0.15) is 0 Å². The highest BCUT2D eigenvalue weighted by molar-refractivity contribution is 5.71. The number of esters is 3. The molecule has 0 aromatic carbocycles. The molecule has 0 amide bonds. The second kappa shape index (κ2) is 38.6. The maximum absolute atomic E-state index is 12.6. The minimum absolute atomic E-state index is 0.0644. The number of hydrogen-bond donors (Lipinski definition) is 3. The van der Waals surface area contributed by atoms with Gasteiger partial charge < -0.3 is 19.3 Å². The van der Waals surface area contributed by atoms with Crippen LogP contribution in [0.5, 0.6) is 0 Å². The average molecular weight is 798 g/mol. The predicted octanol–water partition coefficient (Wildman–Crippen LogP) is 8.92. The fraction of sp³-hybridized carbons (Fsp3) is 0.860. The second-order valence-corrected chi connectivity index (χ2v) is 15.0. The van der Waals surface area contributed by atoms with Crippen LogP contribution in [0.1, 0.15) is 213 Å². The van der Waals surface area contributed by atoms with Gasteiger partial charge in [-0.05, 0) is 19.3 Å². The Hall–Kier alpha value is -3.22. The van der Waals surface area contributed by atoms with Gasteiger partial charge in [-0.3, -0.25) is 24.4 Å². The molecule has 1 aromatic heterocycles. The summed E-state index contributed by atoms with van der Waals surface area (Å²) >= 11 is 0. The van der Waals surface area contributed by atoms with Gasteiger partial charge in [0.25, 0.3) is 0 Å². The molecule has 1 heterocycles. The van der Waals surface area contributed by atoms with Gasteiger partial charge >= 0.3 is 35.0 Å². The lowest BCUT2D eigenvalue weighted by atomic mass is 10.1. The van der Waals surface area contributed by atoms with Gasteiger partial charge in [-0.15, -0.1) is 0 Å². The monoisotopic (exact) mass is 798 g/mol. The highest BCUT2D eigenvalue weighted by atomic mass is 16.6. The number of hydrogen-bond acceptors (Lipinski definition) is 10. The molecular weight excluding hydrogens is 718 g/mol. The summed E-state index contributed by atoms with van der Waals surface area (Å²) in [6.45, 7) is 5.81. The van der Waals surface area contributed by atoms with Crippen molar-refractivity contribution in [2.24, 2.45) is 0 Å². The average Bonchev–Trinajstić information content (AvgIpc) is 3.17. The smallest absolute Gasteiger partial charge is 0.335 e. The van der Waals surface area contributed by atoms with Gasteiger partial charge in [0.05, 0.1) is 0 Å². The van der Waals surface area contributed by atoms with E-state index in [1.165, 1.54) is 116 Å². The molecule has 13 nitrogen and oxygen atoms in total. The Balaban J connectivity index is 0.00000233. The normalized spacial score (nSPS) is 10.9. The number of nitrogens with zero attached hydrogens (tertiary/aromatic N) is 1. The minimum atomic E-state index is -0.929. The van der Waals surface area contributed by atoms with Gasteiger partial charge in [0, 0.05) is 19.3 Å². The zero-order valence-electron chi connectivity index (χ0n) is 35.5. The molecule has 0 saturated heterocycles. The molecule has 326 valence electrons. The van der Waals surface area contributed by atoms with Crippen molar-refractivity contribution < 1.29 is 33.7 Å². The van der Waals surface area contributed by atoms with Crippen LogP contribution in [0.2, 0.25) is 0 Å². The number of aliphatic hydroxyl groups excluding tert-OH is 1. The molecular formula is C43H79N3O10. The molecule has 56 heavy (non-hydrogen) atoms. The van der Waals surface area contributed by atoms with Crippen LogP contribution in [0, 0.1) is 0 Å². The standard InChI is InChI=1S/C39H74O6.C4H5N3O4/c1-4-7-10-13-16-19-22-25-28-31-37(40)43-34-36(45-39(42)33-30-27-24-21-18-15-12-9-6-3)35-44-38(41)32-29-26-23-20-17-14-11-8-5-2;8-1-7-3(10)5-2(9)6-4(7)11/h36H,4-35H2,1-3H3;8H,1H2,(H2,5,6,9,10,11). The lowest BCUT2D eigenvalue weighted by molar-refractivity contribution is -0.167. The van der Waals surface area contributed by atoms with E-state index in [2.05, 4.69) is 20.8 Å². The molecule has 0 aliphatic heterocycles. The van der Waals surface area contributed by atoms with Crippen LogP contribution >= 0.6 is 0 Å². The van der Waals surface area contributed by atoms with Gasteiger partial charge in [0.2, 0.25) is 0 Å². The van der Waals surface area contributed by atoms with Crippen molar-refractivity contribution >= 4 is 17.9 Å². The first-order chi connectivity index (χ1) is 27.2. The fourth-order valence-corrected chi connectivity index (χ4v) is 6.20. The Morgan fingerprint density at radius 1 is 0.482 bits per heavy atom. The summed E-state index contributed by atoms with van der Waals surface area (Å²) < 4.78 is 17.0. The molecule has 0 bridgehead atoms. The number of unbranched alkanes of at least 4 members (excludes halogenated alkanes) is 24. The van der Waals surface area contributed by atoms with Gasteiger partial charge in [-0.25, -0.2) is 19.0 Å². The van der Waals surface area contributed by atoms with E-state index in [1.807, 2.05) is 0 Å². The molecule has 1 rings (SSSR count). The Bertz CT molecular complexity index is 1200. The largest absolute Gasteiger partial charge is 0.462 e. The lowest BCUT2D eigenvalue weighted by Crippen LogP contribution is -2.43. The summed E-state index contributed by atoms with van der Waals surface area (Å²) in [5.74, 6) is -0.870. The zero-order chi connectivity index (χ0) is 41.5. The Labute approximate surface area is 336 Å². The number of H-pyrrole nitrogens is 2. The second-order valence-electron chi connectivity index (χ2n) is 15.0. The number of ether oxygens (including phenoxy) is 3. The molecule has 3 N–H and O–H groups in total. The fourth-order valence-electron chi connectivity index (χ4n) is 6.20. The molecule has 0 aliphatic carbocycles. The Kier molecular flexibility index (Phi) is 36.4. The SMILES string of the molecule is CCCCCCCCCCCC(=O)OCC(COC(=O)CCCCCCCCCCC)OC(=O)CCCCCCCCCCC.O=c1[nH]c(=O)n(CO)c(=O)[nH]1. The zero-order valence-corrected chi connectivity index (χ0v) is 35.5. The minimum Gasteiger partial charge on any atom is -0.462 e. The van der Waals surface area contributed by atoms with E-state index in [9.17, 15) is 28.8 Å². The summed E-state index contributed by atoms with van der Waals surface area (Å²) in [6, 6.07) is 0. The number of carbonyl (C=O) groups is 3. The van der Waals surface area contributed by atoms with Crippen molar-refractivity contribution in [3.8, 4) is 0 Å². The summed E-state index contributed by atoms with van der Waals surface area (Å²) in [7, 11) is 0. The molecule has 0 atom stereocenters. The maximum atomic E-state index is 12.6. The van der Waals surface area contributed by atoms with Crippen molar-refractivity contribution in [1.29, 1.82) is 0 Å². The van der Waals surface area contributed by atoms with E-state index in [0.29, 0.717) is 23.8 Å². The highest BCUT2D eigenvalue weighted by Crippen LogP contribution is 2.14. The van der Waals surface area contributed by atoms with Crippen LogP contribution in [0.25, 0.3) is 0 Å². The number of carbonyl (C=O) groups excluding carboxylic acids is 3. The van der Waals surface area contributed by atoms with Gasteiger partial charge in [0.15, 0.2) is 6.10 Å². The number of aliphatic hydroxyl groups is 1. The van der Waals surface area contributed by atoms with E-state index < -0.39 is 29.9 Å². The van der Waals surface area contributed by atoms with Crippen molar-refractivity contribution in [1.82, 2.24) is 14.5 Å².